The van der Waals surface area contributed by atoms with Crippen LogP contribution in [-0.4, -0.2) is 50.9 Å². The van der Waals surface area contributed by atoms with Gasteiger partial charge in [-0.25, -0.2) is 8.42 Å². The number of hydrogen-bond acceptors (Lipinski definition) is 5. The Morgan fingerprint density at radius 1 is 0.848 bits per heavy atom. The van der Waals surface area contributed by atoms with Crippen LogP contribution in [0.4, 0.5) is 5.69 Å². The zero-order valence-electron chi connectivity index (χ0n) is 26.3. The first-order valence-corrected chi connectivity index (χ1v) is 17.1. The highest BCUT2D eigenvalue weighted by atomic mass is 35.5. The maximum Gasteiger partial charge on any atom is 0.264 e. The van der Waals surface area contributed by atoms with Crippen LogP contribution in [0.5, 0.6) is 5.75 Å². The SMILES string of the molecule is CCOc1ccc(S(=O)(=O)N(CC(=O)N(Cc2cccc(Cl)c2)[C@@H](Cc2ccccc2)C(=O)NCC(C)C)c2ccccc2)cc1. The fourth-order valence-corrected chi connectivity index (χ4v) is 6.56. The highest BCUT2D eigenvalue weighted by Gasteiger charge is 2.34. The second-order valence-electron chi connectivity index (χ2n) is 11.2. The molecule has 4 aromatic rings. The van der Waals surface area contributed by atoms with Crippen molar-refractivity contribution in [2.45, 2.75) is 44.7 Å². The Morgan fingerprint density at radius 2 is 1.48 bits per heavy atom. The van der Waals surface area contributed by atoms with E-state index in [0.717, 1.165) is 9.87 Å². The summed E-state index contributed by atoms with van der Waals surface area (Å²) in [7, 11) is -4.21. The number of benzene rings is 4. The molecule has 1 atom stereocenters. The fraction of sp³-hybridized carbons (Fsp3) is 0.278. The number of nitrogens with one attached hydrogen (secondary N) is 1. The van der Waals surface area contributed by atoms with Gasteiger partial charge in [-0.15, -0.1) is 0 Å². The van der Waals surface area contributed by atoms with Crippen LogP contribution in [-0.2, 0) is 32.6 Å². The topological polar surface area (TPSA) is 96.0 Å². The van der Waals surface area contributed by atoms with Crippen LogP contribution in [0.1, 0.15) is 31.9 Å². The molecule has 0 spiro atoms. The van der Waals surface area contributed by atoms with Crippen molar-refractivity contribution in [1.29, 1.82) is 0 Å². The van der Waals surface area contributed by atoms with E-state index in [1.807, 2.05) is 57.2 Å². The van der Waals surface area contributed by atoms with Crippen molar-refractivity contribution in [3.8, 4) is 5.75 Å². The summed E-state index contributed by atoms with van der Waals surface area (Å²) in [6.45, 7) is 6.19. The van der Waals surface area contributed by atoms with E-state index in [2.05, 4.69) is 5.32 Å². The van der Waals surface area contributed by atoms with Gasteiger partial charge >= 0.3 is 0 Å². The number of nitrogens with zero attached hydrogens (tertiary/aromatic N) is 2. The Balaban J connectivity index is 1.77. The van der Waals surface area contributed by atoms with Crippen LogP contribution < -0.4 is 14.4 Å². The minimum absolute atomic E-state index is 0.00418. The van der Waals surface area contributed by atoms with E-state index in [4.69, 9.17) is 16.3 Å². The van der Waals surface area contributed by atoms with Crippen molar-refractivity contribution >= 4 is 39.1 Å². The molecule has 0 aliphatic rings. The molecule has 0 fully saturated rings. The predicted molar refractivity (Wildman–Crippen MR) is 182 cm³/mol. The van der Waals surface area contributed by atoms with Gasteiger partial charge in [0, 0.05) is 24.5 Å². The third kappa shape index (κ3) is 9.34. The van der Waals surface area contributed by atoms with Gasteiger partial charge in [0.2, 0.25) is 11.8 Å². The average Bonchev–Trinajstić information content (AvgIpc) is 3.05. The van der Waals surface area contributed by atoms with Gasteiger partial charge in [0.1, 0.15) is 18.3 Å². The minimum atomic E-state index is -4.21. The number of carbonyl (C=O) groups is 2. The van der Waals surface area contributed by atoms with Crippen LogP contribution in [0.25, 0.3) is 0 Å². The molecule has 10 heteroatoms. The van der Waals surface area contributed by atoms with E-state index in [1.165, 1.54) is 17.0 Å². The molecular weight excluding hydrogens is 622 g/mol. The Kier molecular flexibility index (Phi) is 12.2. The Hall–Kier alpha value is -4.34. The van der Waals surface area contributed by atoms with Crippen LogP contribution in [0.3, 0.4) is 0 Å². The molecule has 46 heavy (non-hydrogen) atoms. The normalized spacial score (nSPS) is 11.9. The molecule has 1 N–H and O–H groups in total. The van der Waals surface area contributed by atoms with E-state index in [-0.39, 0.29) is 29.7 Å². The largest absolute Gasteiger partial charge is 0.494 e. The van der Waals surface area contributed by atoms with Crippen molar-refractivity contribution in [3.63, 3.8) is 0 Å². The van der Waals surface area contributed by atoms with Gasteiger partial charge in [0.05, 0.1) is 17.2 Å². The third-order valence-electron chi connectivity index (χ3n) is 7.24. The predicted octanol–water partition coefficient (Wildman–Crippen LogP) is 6.35. The molecule has 242 valence electrons. The monoisotopic (exact) mass is 661 g/mol. The van der Waals surface area contributed by atoms with Crippen LogP contribution >= 0.6 is 11.6 Å². The van der Waals surface area contributed by atoms with Crippen molar-refractivity contribution in [3.05, 3.63) is 125 Å². The summed E-state index contributed by atoms with van der Waals surface area (Å²) in [5, 5.41) is 3.47. The van der Waals surface area contributed by atoms with E-state index >= 15 is 0 Å². The number of rotatable bonds is 15. The number of anilines is 1. The molecule has 0 saturated carbocycles. The zero-order valence-corrected chi connectivity index (χ0v) is 27.9. The van der Waals surface area contributed by atoms with E-state index in [0.29, 0.717) is 35.2 Å². The number of carbonyl (C=O) groups excluding carboxylic acids is 2. The molecule has 4 aromatic carbocycles. The van der Waals surface area contributed by atoms with Gasteiger partial charge in [0.15, 0.2) is 0 Å². The molecule has 0 saturated heterocycles. The molecule has 0 aromatic heterocycles. The highest BCUT2D eigenvalue weighted by molar-refractivity contribution is 7.92. The van der Waals surface area contributed by atoms with E-state index in [9.17, 15) is 18.0 Å². The summed E-state index contributed by atoms with van der Waals surface area (Å²) in [6.07, 6.45) is 0.230. The van der Waals surface area contributed by atoms with Gasteiger partial charge in [-0.2, -0.15) is 0 Å². The molecule has 0 aliphatic carbocycles. The lowest BCUT2D eigenvalue weighted by atomic mass is 10.0. The number of amides is 2. The second-order valence-corrected chi connectivity index (χ2v) is 13.5. The lowest BCUT2D eigenvalue weighted by molar-refractivity contribution is -0.140. The van der Waals surface area contributed by atoms with Gasteiger partial charge in [0.25, 0.3) is 10.0 Å². The molecule has 4 rings (SSSR count). The van der Waals surface area contributed by atoms with E-state index in [1.54, 1.807) is 60.7 Å². The van der Waals surface area contributed by atoms with Crippen LogP contribution in [0, 0.1) is 5.92 Å². The van der Waals surface area contributed by atoms with Crippen molar-refractivity contribution in [2.24, 2.45) is 5.92 Å². The van der Waals surface area contributed by atoms with Crippen molar-refractivity contribution in [1.82, 2.24) is 10.2 Å². The Labute approximate surface area is 277 Å². The summed E-state index contributed by atoms with van der Waals surface area (Å²) in [6, 6.07) is 30.1. The molecule has 0 aliphatic heterocycles. The van der Waals surface area contributed by atoms with Gasteiger partial charge < -0.3 is 15.0 Å². The van der Waals surface area contributed by atoms with Gasteiger partial charge in [-0.3, -0.25) is 13.9 Å². The molecule has 0 bridgehead atoms. The highest BCUT2D eigenvalue weighted by Crippen LogP contribution is 2.26. The first-order chi connectivity index (χ1) is 22.1. The summed E-state index contributed by atoms with van der Waals surface area (Å²) < 4.78 is 34.9. The minimum Gasteiger partial charge on any atom is -0.494 e. The zero-order chi connectivity index (χ0) is 33.1. The number of sulfonamides is 1. The summed E-state index contributed by atoms with van der Waals surface area (Å²) in [5.74, 6) is -0.147. The van der Waals surface area contributed by atoms with Crippen LogP contribution in [0.15, 0.2) is 114 Å². The second kappa shape index (κ2) is 16.3. The average molecular weight is 662 g/mol. The summed E-state index contributed by atoms with van der Waals surface area (Å²) >= 11 is 6.31. The molecular formula is C36H40ClN3O5S. The molecule has 8 nitrogen and oxygen atoms in total. The smallest absolute Gasteiger partial charge is 0.264 e. The number of ether oxygens (including phenoxy) is 1. The number of hydrogen-bond donors (Lipinski definition) is 1. The molecule has 0 unspecified atom stereocenters. The van der Waals surface area contributed by atoms with Gasteiger partial charge in [-0.1, -0.05) is 86.1 Å². The van der Waals surface area contributed by atoms with Gasteiger partial charge in [-0.05, 0) is 72.5 Å². The molecule has 0 radical (unpaired) electrons. The molecule has 2 amide bonds. The molecule has 0 heterocycles. The Bertz CT molecular complexity index is 1680. The quantitative estimate of drug-likeness (QED) is 0.160. The standard InChI is InChI=1S/C36H40ClN3O5S/c1-4-45-32-18-20-33(21-19-32)46(43,44)40(31-16-9-6-10-17-31)26-35(41)39(25-29-14-11-15-30(37)22-29)34(36(42)38-24-27(2)3)23-28-12-7-5-8-13-28/h5-22,27,34H,4,23-26H2,1-3H3,(H,38,42)/t34-/m0/s1. The van der Waals surface area contributed by atoms with E-state index < -0.39 is 28.5 Å². The summed E-state index contributed by atoms with van der Waals surface area (Å²) in [5.41, 5.74) is 1.88. The first kappa shape index (κ1) is 34.5. The number of halogens is 1. The lowest BCUT2D eigenvalue weighted by Gasteiger charge is -2.34. The maximum absolute atomic E-state index is 14.5. The van der Waals surface area contributed by atoms with Crippen molar-refractivity contribution < 1.29 is 22.7 Å². The fourth-order valence-electron chi connectivity index (χ4n) is 4.93. The summed E-state index contributed by atoms with van der Waals surface area (Å²) in [4.78, 5) is 29.8. The van der Waals surface area contributed by atoms with Crippen LogP contribution in [0.2, 0.25) is 5.02 Å². The maximum atomic E-state index is 14.5. The third-order valence-corrected chi connectivity index (χ3v) is 9.27. The first-order valence-electron chi connectivity index (χ1n) is 15.2. The van der Waals surface area contributed by atoms with Crippen molar-refractivity contribution in [2.75, 3.05) is 24.0 Å². The Morgan fingerprint density at radius 3 is 2.09 bits per heavy atom. The number of para-hydroxylation sites is 1. The lowest BCUT2D eigenvalue weighted by Crippen LogP contribution is -2.53.